The molecule has 0 fully saturated rings. The summed E-state index contributed by atoms with van der Waals surface area (Å²) in [5.74, 6) is -9.49. The number of rotatable bonds is 3. The van der Waals surface area contributed by atoms with Crippen LogP contribution in [-0.2, 0) is 7.05 Å². The molecule has 0 aliphatic carbocycles. The summed E-state index contributed by atoms with van der Waals surface area (Å²) in [4.78, 5) is 19.4. The number of fused-ring (bicyclic) bond motifs is 1. The topological polar surface area (TPSA) is 72.8 Å². The highest BCUT2D eigenvalue weighted by molar-refractivity contribution is 6.04. The summed E-state index contributed by atoms with van der Waals surface area (Å²) in [6.07, 6.45) is 6.10. The number of aromatic amines is 1. The lowest BCUT2D eigenvalue weighted by Crippen LogP contribution is -2.13. The van der Waals surface area contributed by atoms with Crippen LogP contribution in [0.5, 0.6) is 5.75 Å². The molecule has 0 unspecified atom stereocenters. The van der Waals surface area contributed by atoms with Crippen molar-refractivity contribution in [1.29, 1.82) is 0 Å². The molecule has 1 aromatic carbocycles. The predicted octanol–water partition coefficient (Wildman–Crippen LogP) is 4.05. The lowest BCUT2D eigenvalue weighted by Gasteiger charge is -2.09. The summed E-state index contributed by atoms with van der Waals surface area (Å²) in [7, 11) is 1.73. The molecule has 29 heavy (non-hydrogen) atoms. The Hall–Kier alpha value is -3.69. The molecule has 6 nitrogen and oxygen atoms in total. The molecule has 1 N–H and O–H groups in total. The molecule has 4 aromatic rings. The highest BCUT2D eigenvalue weighted by atomic mass is 19.2. The third kappa shape index (κ3) is 3.02. The van der Waals surface area contributed by atoms with Crippen LogP contribution in [0.25, 0.3) is 22.2 Å². The monoisotopic (exact) mass is 404 g/mol. The predicted molar refractivity (Wildman–Crippen MR) is 94.3 cm³/mol. The number of esters is 1. The number of carbonyl (C=O) groups excluding carboxylic acids is 1. The number of nitrogens with one attached hydrogen (secondary N) is 1. The van der Waals surface area contributed by atoms with Gasteiger partial charge in [-0.2, -0.15) is 13.9 Å². The molecule has 0 aliphatic heterocycles. The van der Waals surface area contributed by atoms with Crippen LogP contribution < -0.4 is 4.74 Å². The number of ether oxygens (including phenoxy) is 1. The molecule has 3 heterocycles. The minimum absolute atomic E-state index is 0.113. The lowest BCUT2D eigenvalue weighted by molar-refractivity contribution is 0.0719. The molecule has 3 aromatic heterocycles. The minimum Gasteiger partial charge on any atom is -0.416 e. The second-order valence-electron chi connectivity index (χ2n) is 6.32. The van der Waals surface area contributed by atoms with Gasteiger partial charge in [-0.3, -0.25) is 4.68 Å². The number of aryl methyl sites for hydroxylation is 1. The van der Waals surface area contributed by atoms with E-state index in [4.69, 9.17) is 0 Å². The summed E-state index contributed by atoms with van der Waals surface area (Å²) in [5.41, 5.74) is 0.702. The van der Waals surface area contributed by atoms with Gasteiger partial charge >= 0.3 is 5.97 Å². The van der Waals surface area contributed by atoms with Gasteiger partial charge in [0.1, 0.15) is 5.65 Å². The minimum atomic E-state index is -1.79. The van der Waals surface area contributed by atoms with Crippen LogP contribution >= 0.6 is 0 Å². The van der Waals surface area contributed by atoms with Crippen LogP contribution in [0, 0.1) is 30.2 Å². The number of halogens is 4. The number of hydrogen-bond donors (Lipinski definition) is 1. The SMILES string of the molecule is Cc1c(F)c(F)c(OC(=O)c2c[nH]c3ncc(-c4cnn(C)c4)cc23)c(F)c1F. The fourth-order valence-electron chi connectivity index (χ4n) is 2.86. The molecule has 0 bridgehead atoms. The quantitative estimate of drug-likeness (QED) is 0.242. The van der Waals surface area contributed by atoms with Crippen molar-refractivity contribution in [3.63, 3.8) is 0 Å². The highest BCUT2D eigenvalue weighted by Crippen LogP contribution is 2.31. The first-order valence-corrected chi connectivity index (χ1v) is 8.28. The van der Waals surface area contributed by atoms with E-state index in [1.165, 1.54) is 6.20 Å². The van der Waals surface area contributed by atoms with Gasteiger partial charge < -0.3 is 9.72 Å². The molecule has 0 saturated heterocycles. The van der Waals surface area contributed by atoms with E-state index in [0.717, 1.165) is 12.5 Å². The summed E-state index contributed by atoms with van der Waals surface area (Å²) in [6, 6.07) is 1.61. The van der Waals surface area contributed by atoms with E-state index in [0.29, 0.717) is 16.6 Å². The van der Waals surface area contributed by atoms with Gasteiger partial charge in [-0.25, -0.2) is 18.6 Å². The Morgan fingerprint density at radius 3 is 2.38 bits per heavy atom. The molecule has 0 radical (unpaired) electrons. The number of nitrogens with zero attached hydrogens (tertiary/aromatic N) is 3. The van der Waals surface area contributed by atoms with E-state index in [2.05, 4.69) is 19.8 Å². The fraction of sp³-hybridized carbons (Fsp3) is 0.105. The third-order valence-electron chi connectivity index (χ3n) is 4.43. The Balaban J connectivity index is 1.75. The Bertz CT molecular complexity index is 1250. The maximum Gasteiger partial charge on any atom is 0.345 e. The normalized spacial score (nSPS) is 11.2. The van der Waals surface area contributed by atoms with Crippen LogP contribution in [0.4, 0.5) is 17.6 Å². The average molecular weight is 404 g/mol. The van der Waals surface area contributed by atoms with Gasteiger partial charge in [0.2, 0.25) is 17.4 Å². The summed E-state index contributed by atoms with van der Waals surface area (Å²) in [5, 5.41) is 4.35. The zero-order chi connectivity index (χ0) is 20.9. The maximum absolute atomic E-state index is 14.0. The molecule has 0 atom stereocenters. The second kappa shape index (κ2) is 6.73. The van der Waals surface area contributed by atoms with Crippen LogP contribution in [0.15, 0.2) is 30.9 Å². The highest BCUT2D eigenvalue weighted by Gasteiger charge is 2.27. The van der Waals surface area contributed by atoms with E-state index in [1.54, 1.807) is 36.4 Å². The van der Waals surface area contributed by atoms with Crippen LogP contribution in [0.1, 0.15) is 15.9 Å². The van der Waals surface area contributed by atoms with Crippen molar-refractivity contribution in [2.24, 2.45) is 7.05 Å². The smallest absolute Gasteiger partial charge is 0.345 e. The van der Waals surface area contributed by atoms with Gasteiger partial charge in [0.15, 0.2) is 11.6 Å². The summed E-state index contributed by atoms with van der Waals surface area (Å²) in [6.45, 7) is 0.869. The first kappa shape index (κ1) is 18.7. The van der Waals surface area contributed by atoms with Crippen molar-refractivity contribution in [3.05, 3.63) is 65.2 Å². The molecule has 0 saturated carbocycles. The molecule has 148 valence electrons. The lowest BCUT2D eigenvalue weighted by atomic mass is 10.1. The Kier molecular flexibility index (Phi) is 4.33. The molecule has 0 spiro atoms. The molecule has 0 amide bonds. The first-order valence-electron chi connectivity index (χ1n) is 8.28. The van der Waals surface area contributed by atoms with Gasteiger partial charge in [-0.1, -0.05) is 0 Å². The fourth-order valence-corrected chi connectivity index (χ4v) is 2.86. The molecule has 4 rings (SSSR count). The Morgan fingerprint density at radius 2 is 1.76 bits per heavy atom. The average Bonchev–Trinajstić information content (AvgIpc) is 3.33. The van der Waals surface area contributed by atoms with Crippen molar-refractivity contribution >= 4 is 17.0 Å². The Labute approximate surface area is 160 Å². The van der Waals surface area contributed by atoms with Crippen LogP contribution in [-0.4, -0.2) is 25.7 Å². The van der Waals surface area contributed by atoms with E-state index >= 15 is 0 Å². The third-order valence-corrected chi connectivity index (χ3v) is 4.43. The van der Waals surface area contributed by atoms with Gasteiger partial charge in [0.05, 0.1) is 11.8 Å². The van der Waals surface area contributed by atoms with E-state index in [1.807, 2.05) is 0 Å². The molecule has 0 aliphatic rings. The van der Waals surface area contributed by atoms with E-state index < -0.39 is 40.6 Å². The van der Waals surface area contributed by atoms with Crippen LogP contribution in [0.2, 0.25) is 0 Å². The number of carbonyl (C=O) groups is 1. The number of aromatic nitrogens is 4. The second-order valence-corrected chi connectivity index (χ2v) is 6.32. The van der Waals surface area contributed by atoms with Gasteiger partial charge in [0.25, 0.3) is 0 Å². The van der Waals surface area contributed by atoms with Crippen LogP contribution in [0.3, 0.4) is 0 Å². The van der Waals surface area contributed by atoms with Crippen molar-refractivity contribution in [2.45, 2.75) is 6.92 Å². The molecular formula is C19H12F4N4O2. The molecular weight excluding hydrogens is 392 g/mol. The summed E-state index contributed by atoms with van der Waals surface area (Å²) >= 11 is 0. The number of hydrogen-bond acceptors (Lipinski definition) is 4. The van der Waals surface area contributed by atoms with Crippen molar-refractivity contribution in [1.82, 2.24) is 19.7 Å². The Morgan fingerprint density at radius 1 is 1.07 bits per heavy atom. The van der Waals surface area contributed by atoms with Gasteiger partial charge in [0, 0.05) is 47.7 Å². The first-order chi connectivity index (χ1) is 13.8. The zero-order valence-electron chi connectivity index (χ0n) is 15.1. The van der Waals surface area contributed by atoms with E-state index in [-0.39, 0.29) is 5.56 Å². The number of H-pyrrole nitrogens is 1. The standard InChI is InChI=1S/C19H12F4N4O2/c1-8-13(20)15(22)17(16(23)14(8)21)29-19(28)12-6-25-18-11(12)3-9(4-24-18)10-5-26-27(2)7-10/h3-7H,1-2H3,(H,24,25). The van der Waals surface area contributed by atoms with Crippen molar-refractivity contribution in [3.8, 4) is 16.9 Å². The number of benzene rings is 1. The van der Waals surface area contributed by atoms with Crippen molar-refractivity contribution in [2.75, 3.05) is 0 Å². The van der Waals surface area contributed by atoms with Crippen molar-refractivity contribution < 1.29 is 27.1 Å². The number of pyridine rings is 1. The largest absolute Gasteiger partial charge is 0.416 e. The zero-order valence-corrected chi connectivity index (χ0v) is 15.1. The van der Waals surface area contributed by atoms with Gasteiger partial charge in [-0.15, -0.1) is 0 Å². The van der Waals surface area contributed by atoms with Gasteiger partial charge in [-0.05, 0) is 13.0 Å². The maximum atomic E-state index is 14.0. The summed E-state index contributed by atoms with van der Waals surface area (Å²) < 4.78 is 61.7. The molecule has 10 heteroatoms. The van der Waals surface area contributed by atoms with E-state index in [9.17, 15) is 22.4 Å².